The average Bonchev–Trinajstić information content (AvgIpc) is 3.70. The molecule has 4 aromatic rings. The van der Waals surface area contributed by atoms with Gasteiger partial charge in [-0.3, -0.25) is 19.2 Å². The van der Waals surface area contributed by atoms with Crippen LogP contribution in [0.3, 0.4) is 0 Å². The van der Waals surface area contributed by atoms with E-state index in [-0.39, 0.29) is 23.4 Å². The van der Waals surface area contributed by atoms with Crippen LogP contribution in [0.4, 0.5) is 11.6 Å². The molecule has 2 aliphatic rings. The summed E-state index contributed by atoms with van der Waals surface area (Å²) in [4.78, 5) is 39.1. The third-order valence-electron chi connectivity index (χ3n) is 8.72. The molecule has 6 rings (SSSR count). The van der Waals surface area contributed by atoms with Gasteiger partial charge in [-0.1, -0.05) is 18.2 Å². The molecule has 0 unspecified atom stereocenters. The van der Waals surface area contributed by atoms with Gasteiger partial charge in [0.15, 0.2) is 0 Å². The summed E-state index contributed by atoms with van der Waals surface area (Å²) in [6, 6.07) is 16.3. The molecule has 0 aliphatic carbocycles. The molecule has 46 heavy (non-hydrogen) atoms. The van der Waals surface area contributed by atoms with Gasteiger partial charge in [0.25, 0.3) is 11.8 Å². The number of hydrogen-bond donors (Lipinski definition) is 2. The fourth-order valence-electron chi connectivity index (χ4n) is 6.27. The van der Waals surface area contributed by atoms with Crippen LogP contribution in [-0.4, -0.2) is 85.8 Å². The predicted octanol–water partition coefficient (Wildman–Crippen LogP) is 3.88. The molecule has 0 spiro atoms. The number of amides is 2. The first-order valence-corrected chi connectivity index (χ1v) is 15.5. The molecule has 2 fully saturated rings. The van der Waals surface area contributed by atoms with E-state index in [1.54, 1.807) is 53.7 Å². The van der Waals surface area contributed by atoms with Gasteiger partial charge in [-0.25, -0.2) is 9.97 Å². The summed E-state index contributed by atoms with van der Waals surface area (Å²) in [5, 5.41) is 18.5. The third kappa shape index (κ3) is 6.33. The number of nitrogens with zero attached hydrogens (tertiary/aromatic N) is 7. The van der Waals surface area contributed by atoms with Gasteiger partial charge in [-0.2, -0.15) is 10.4 Å². The van der Waals surface area contributed by atoms with Crippen LogP contribution in [0, 0.1) is 11.3 Å². The lowest BCUT2D eigenvalue weighted by molar-refractivity contribution is -0.127. The summed E-state index contributed by atoms with van der Waals surface area (Å²) < 4.78 is 7.36. The molecule has 1 aromatic carbocycles. The van der Waals surface area contributed by atoms with E-state index in [9.17, 15) is 14.9 Å². The Bertz CT molecular complexity index is 1800. The highest BCUT2D eigenvalue weighted by Crippen LogP contribution is 2.33. The second-order valence-corrected chi connectivity index (χ2v) is 12.1. The van der Waals surface area contributed by atoms with Crippen LogP contribution < -0.4 is 11.1 Å². The van der Waals surface area contributed by atoms with E-state index < -0.39 is 5.54 Å². The van der Waals surface area contributed by atoms with Crippen LogP contribution in [0.1, 0.15) is 37.0 Å². The molecular formula is C34H37N9O3. The highest BCUT2D eigenvalue weighted by atomic mass is 16.5. The number of pyridine rings is 2. The normalized spacial score (nSPS) is 17.6. The number of aromatic nitrogens is 4. The zero-order chi connectivity index (χ0) is 32.3. The first-order valence-electron chi connectivity index (χ1n) is 15.5. The number of likely N-dealkylation sites (tertiary alicyclic amines) is 1. The van der Waals surface area contributed by atoms with Crippen LogP contribution >= 0.6 is 0 Å². The fourth-order valence-corrected chi connectivity index (χ4v) is 6.27. The number of nitrogen functional groups attached to an aromatic ring is 1. The van der Waals surface area contributed by atoms with Crippen molar-refractivity contribution in [2.24, 2.45) is 0 Å². The van der Waals surface area contributed by atoms with E-state index in [2.05, 4.69) is 26.3 Å². The average molecular weight is 620 g/mol. The van der Waals surface area contributed by atoms with Crippen molar-refractivity contribution in [1.29, 1.82) is 5.26 Å². The van der Waals surface area contributed by atoms with Crippen molar-refractivity contribution in [3.63, 3.8) is 0 Å². The van der Waals surface area contributed by atoms with Crippen molar-refractivity contribution < 1.29 is 14.3 Å². The van der Waals surface area contributed by atoms with Crippen molar-refractivity contribution >= 4 is 34.4 Å². The summed E-state index contributed by atoms with van der Waals surface area (Å²) in [7, 11) is 0. The molecule has 2 saturated heterocycles. The van der Waals surface area contributed by atoms with Gasteiger partial charge in [0.1, 0.15) is 29.0 Å². The van der Waals surface area contributed by atoms with Crippen LogP contribution in [0.15, 0.2) is 72.6 Å². The molecule has 3 aromatic heterocycles. The number of fused-ring (bicyclic) bond motifs is 1. The Hall–Kier alpha value is -5.12. The number of benzene rings is 1. The monoisotopic (exact) mass is 619 g/mol. The van der Waals surface area contributed by atoms with Gasteiger partial charge in [0.2, 0.25) is 0 Å². The Labute approximate surface area is 267 Å². The second-order valence-electron chi connectivity index (χ2n) is 12.1. The molecule has 236 valence electrons. The fraction of sp³-hybridized carbons (Fsp3) is 0.353. The molecule has 12 heteroatoms. The summed E-state index contributed by atoms with van der Waals surface area (Å²) >= 11 is 0. The standard InChI is InChI=1S/C34H37N9O3/c1-34(2,41-16-18-46-19-17-41)20-25(21-35)33(45)42-15-5-6-26(42)22-43-27-12-14-38-31(36)29(27)30(40-43)23-8-10-24(11-9-23)32(44)39-28-7-3-4-13-37-28/h3-4,7-14,20,26H,5-6,15-19,22H2,1-2H3,(H2,36,38)(H,37,39,44)/t26-/m0/s1. The maximum absolute atomic E-state index is 13.8. The van der Waals surface area contributed by atoms with E-state index in [1.165, 1.54) is 0 Å². The summed E-state index contributed by atoms with van der Waals surface area (Å²) in [5.74, 6) is 0.281. The van der Waals surface area contributed by atoms with Crippen LogP contribution in [0.25, 0.3) is 22.2 Å². The van der Waals surface area contributed by atoms with E-state index in [1.807, 2.05) is 36.7 Å². The topological polar surface area (TPSA) is 155 Å². The van der Waals surface area contributed by atoms with Crippen LogP contribution in [0.2, 0.25) is 0 Å². The largest absolute Gasteiger partial charge is 0.383 e. The molecule has 0 saturated carbocycles. The molecule has 0 radical (unpaired) electrons. The second kappa shape index (κ2) is 13.1. The number of carbonyl (C=O) groups excluding carboxylic acids is 2. The zero-order valence-electron chi connectivity index (χ0n) is 26.0. The number of nitriles is 1. The molecule has 0 bridgehead atoms. The smallest absolute Gasteiger partial charge is 0.264 e. The Balaban J connectivity index is 1.24. The Kier molecular flexibility index (Phi) is 8.78. The van der Waals surface area contributed by atoms with Crippen LogP contribution in [-0.2, 0) is 16.1 Å². The van der Waals surface area contributed by atoms with Crippen LogP contribution in [0.5, 0.6) is 0 Å². The number of carbonyl (C=O) groups is 2. The molecule has 2 amide bonds. The maximum atomic E-state index is 13.8. The van der Waals surface area contributed by atoms with E-state index in [0.29, 0.717) is 54.6 Å². The number of rotatable bonds is 8. The Morgan fingerprint density at radius 2 is 1.87 bits per heavy atom. The van der Waals surface area contributed by atoms with E-state index >= 15 is 0 Å². The van der Waals surface area contributed by atoms with Gasteiger partial charge < -0.3 is 20.7 Å². The van der Waals surface area contributed by atoms with E-state index in [0.717, 1.165) is 37.0 Å². The molecule has 5 heterocycles. The lowest BCUT2D eigenvalue weighted by Gasteiger charge is -2.39. The SMILES string of the molecule is CC(C)(C=C(C#N)C(=O)N1CCC[C@H]1Cn1nc(-c2ccc(C(=O)Nc3ccccn3)cc2)c2c(N)nccc21)N1CCOCC1. The summed E-state index contributed by atoms with van der Waals surface area (Å²) in [6.45, 7) is 7.81. The minimum absolute atomic E-state index is 0.148. The van der Waals surface area contributed by atoms with Gasteiger partial charge in [-0.05, 0) is 63.1 Å². The van der Waals surface area contributed by atoms with Crippen molar-refractivity contribution in [2.75, 3.05) is 43.9 Å². The van der Waals surface area contributed by atoms with Crippen molar-refractivity contribution in [3.8, 4) is 17.3 Å². The highest BCUT2D eigenvalue weighted by molar-refractivity contribution is 6.05. The third-order valence-corrected chi connectivity index (χ3v) is 8.72. The Morgan fingerprint density at radius 1 is 1.09 bits per heavy atom. The quantitative estimate of drug-likeness (QED) is 0.221. The summed E-state index contributed by atoms with van der Waals surface area (Å²) in [6.07, 6.45) is 6.68. The highest BCUT2D eigenvalue weighted by Gasteiger charge is 2.34. The van der Waals surface area contributed by atoms with Gasteiger partial charge in [0.05, 0.1) is 36.7 Å². The number of hydrogen-bond acceptors (Lipinski definition) is 9. The minimum Gasteiger partial charge on any atom is -0.383 e. The maximum Gasteiger partial charge on any atom is 0.264 e. The lowest BCUT2D eigenvalue weighted by Crippen LogP contribution is -2.49. The summed E-state index contributed by atoms with van der Waals surface area (Å²) in [5.41, 5.74) is 8.74. The molecule has 3 N–H and O–H groups in total. The number of nitrogens with one attached hydrogen (secondary N) is 1. The van der Waals surface area contributed by atoms with Gasteiger partial charge in [-0.15, -0.1) is 0 Å². The first kappa shape index (κ1) is 30.9. The zero-order valence-corrected chi connectivity index (χ0v) is 26.0. The van der Waals surface area contributed by atoms with Gasteiger partial charge >= 0.3 is 0 Å². The van der Waals surface area contributed by atoms with Crippen molar-refractivity contribution in [3.05, 3.63) is 78.1 Å². The number of morpholine rings is 1. The van der Waals surface area contributed by atoms with E-state index in [4.69, 9.17) is 15.6 Å². The number of nitrogens with two attached hydrogens (primary N) is 1. The molecular weight excluding hydrogens is 582 g/mol. The van der Waals surface area contributed by atoms with Crippen molar-refractivity contribution in [2.45, 2.75) is 44.8 Å². The number of ether oxygens (including phenoxy) is 1. The lowest BCUT2D eigenvalue weighted by atomic mass is 9.97. The minimum atomic E-state index is -0.466. The Morgan fingerprint density at radius 3 is 2.59 bits per heavy atom. The predicted molar refractivity (Wildman–Crippen MR) is 174 cm³/mol. The number of anilines is 2. The van der Waals surface area contributed by atoms with Gasteiger partial charge in [0, 0.05) is 48.7 Å². The first-order chi connectivity index (χ1) is 22.2. The molecule has 12 nitrogen and oxygen atoms in total. The van der Waals surface area contributed by atoms with Crippen molar-refractivity contribution in [1.82, 2.24) is 29.5 Å². The molecule has 1 atom stereocenters. The molecule has 2 aliphatic heterocycles.